The van der Waals surface area contributed by atoms with Gasteiger partial charge in [-0.2, -0.15) is 0 Å². The molecule has 4 heteroatoms. The van der Waals surface area contributed by atoms with E-state index in [1.54, 1.807) is 20.7 Å². The fourth-order valence-electron chi connectivity index (χ4n) is 0.696. The monoisotopic (exact) mass is 172 g/mol. The number of rotatable bonds is 2. The SMILES string of the molecule is O=[Si]([NH][Ti])C1=CC=CC1. The minimum absolute atomic E-state index is 0.860. The van der Waals surface area contributed by atoms with Crippen LogP contribution in [0.3, 0.4) is 0 Å². The Morgan fingerprint density at radius 2 is 2.56 bits per heavy atom. The van der Waals surface area contributed by atoms with Crippen molar-refractivity contribution in [3.05, 3.63) is 23.4 Å². The number of nitrogens with one attached hydrogen (secondary N) is 1. The van der Waals surface area contributed by atoms with E-state index >= 15 is 0 Å². The van der Waals surface area contributed by atoms with Crippen molar-refractivity contribution in [2.75, 3.05) is 0 Å². The van der Waals surface area contributed by atoms with Crippen LogP contribution in [0, 0.1) is 0 Å². The average Bonchev–Trinajstić information content (AvgIpc) is 2.37. The van der Waals surface area contributed by atoms with Crippen LogP contribution in [0.15, 0.2) is 23.4 Å². The molecule has 0 saturated carbocycles. The summed E-state index contributed by atoms with van der Waals surface area (Å²) in [5.74, 6) is 0. The summed E-state index contributed by atoms with van der Waals surface area (Å²) in [5, 5.41) is 1.03. The van der Waals surface area contributed by atoms with Crippen molar-refractivity contribution in [2.45, 2.75) is 6.42 Å². The fraction of sp³-hybridized carbons (Fsp3) is 0.200. The molecule has 0 spiro atoms. The van der Waals surface area contributed by atoms with E-state index in [0.29, 0.717) is 0 Å². The first-order valence-corrected chi connectivity index (χ1v) is 4.86. The van der Waals surface area contributed by atoms with Gasteiger partial charge < -0.3 is 0 Å². The Hall–Kier alpha value is 0.0112. The minimum atomic E-state index is -1.61. The molecule has 0 atom stereocenters. The Kier molecular flexibility index (Phi) is 2.57. The van der Waals surface area contributed by atoms with Crippen molar-refractivity contribution >= 4 is 8.84 Å². The van der Waals surface area contributed by atoms with E-state index in [0.717, 1.165) is 11.6 Å². The van der Waals surface area contributed by atoms with E-state index in [-0.39, 0.29) is 0 Å². The first-order chi connectivity index (χ1) is 4.34. The normalized spacial score (nSPS) is 15.2. The third-order valence-corrected chi connectivity index (χ3v) is 3.42. The van der Waals surface area contributed by atoms with Gasteiger partial charge in [0, 0.05) is 0 Å². The van der Waals surface area contributed by atoms with Gasteiger partial charge in [-0.1, -0.05) is 0 Å². The summed E-state index contributed by atoms with van der Waals surface area (Å²) >= 11 is 1.72. The topological polar surface area (TPSA) is 29.1 Å². The maximum absolute atomic E-state index is 11.0. The summed E-state index contributed by atoms with van der Waals surface area (Å²) < 4.78 is 13.7. The maximum atomic E-state index is 11.0. The summed E-state index contributed by atoms with van der Waals surface area (Å²) in [4.78, 5) is 0. The molecule has 0 unspecified atom stereocenters. The van der Waals surface area contributed by atoms with Gasteiger partial charge in [0.2, 0.25) is 0 Å². The van der Waals surface area contributed by atoms with Crippen LogP contribution in [0.25, 0.3) is 0 Å². The number of hydrogen-bond donors (Lipinski definition) is 1. The molecule has 9 heavy (non-hydrogen) atoms. The molecule has 1 N–H and O–H groups in total. The molecule has 0 saturated heterocycles. The van der Waals surface area contributed by atoms with Gasteiger partial charge >= 0.3 is 67.3 Å². The Balaban J connectivity index is 2.55. The van der Waals surface area contributed by atoms with Crippen molar-refractivity contribution in [2.24, 2.45) is 0 Å². The van der Waals surface area contributed by atoms with Crippen molar-refractivity contribution < 1.29 is 25.2 Å². The van der Waals surface area contributed by atoms with Gasteiger partial charge in [-0.3, -0.25) is 0 Å². The summed E-state index contributed by atoms with van der Waals surface area (Å²) in [5.41, 5.74) is 0. The average molecular weight is 172 g/mol. The second-order valence-electron chi connectivity index (χ2n) is 1.78. The molecular formula is C5H6NOSiTi. The zero-order valence-electron chi connectivity index (χ0n) is 4.85. The molecule has 45 valence electrons. The first-order valence-electron chi connectivity index (χ1n) is 2.67. The molecule has 0 amide bonds. The second-order valence-corrected chi connectivity index (χ2v) is 4.50. The van der Waals surface area contributed by atoms with E-state index < -0.39 is 8.84 Å². The molecule has 1 aliphatic carbocycles. The zero-order valence-corrected chi connectivity index (χ0v) is 7.41. The predicted molar refractivity (Wildman–Crippen MR) is 31.4 cm³/mol. The standard InChI is InChI=1S/C5H6NOSi.Ti/c6-8(7)5-3-1-2-4-5;/h1-3,6H,4H2;/q-1;+1. The number of hydrogen-bond acceptors (Lipinski definition) is 1. The van der Waals surface area contributed by atoms with Crippen LogP contribution in [0.1, 0.15) is 6.42 Å². The molecule has 0 aromatic heterocycles. The molecule has 0 bridgehead atoms. The molecule has 0 aliphatic heterocycles. The molecular weight excluding hydrogens is 166 g/mol. The predicted octanol–water partition coefficient (Wildman–Crippen LogP) is 0.382. The summed E-state index contributed by atoms with van der Waals surface area (Å²) in [6.07, 6.45) is 6.72. The van der Waals surface area contributed by atoms with Crippen LogP contribution in [0.4, 0.5) is 0 Å². The molecule has 0 aromatic carbocycles. The van der Waals surface area contributed by atoms with Crippen molar-refractivity contribution in [3.8, 4) is 0 Å². The van der Waals surface area contributed by atoms with Crippen LogP contribution >= 0.6 is 0 Å². The molecule has 0 radical (unpaired) electrons. The third-order valence-electron chi connectivity index (χ3n) is 1.18. The van der Waals surface area contributed by atoms with Crippen LogP contribution in [0.2, 0.25) is 0 Å². The molecule has 0 fully saturated rings. The third kappa shape index (κ3) is 1.71. The zero-order chi connectivity index (χ0) is 6.69. The van der Waals surface area contributed by atoms with Crippen LogP contribution in [-0.4, -0.2) is 8.84 Å². The van der Waals surface area contributed by atoms with Gasteiger partial charge in [0.15, 0.2) is 0 Å². The van der Waals surface area contributed by atoms with Gasteiger partial charge in [-0.25, -0.2) is 0 Å². The molecule has 2 nitrogen and oxygen atoms in total. The van der Waals surface area contributed by atoms with E-state index in [9.17, 15) is 4.46 Å². The van der Waals surface area contributed by atoms with Crippen LogP contribution < -0.4 is 3.46 Å². The van der Waals surface area contributed by atoms with Crippen LogP contribution in [0.5, 0.6) is 0 Å². The quantitative estimate of drug-likeness (QED) is 0.610. The van der Waals surface area contributed by atoms with Crippen molar-refractivity contribution in [3.63, 3.8) is 0 Å². The molecule has 0 heterocycles. The van der Waals surface area contributed by atoms with E-state index in [2.05, 4.69) is 3.46 Å². The van der Waals surface area contributed by atoms with Crippen molar-refractivity contribution in [1.29, 1.82) is 0 Å². The first kappa shape index (κ1) is 7.12. The Labute approximate surface area is 67.5 Å². The van der Waals surface area contributed by atoms with Gasteiger partial charge in [0.1, 0.15) is 0 Å². The Bertz CT molecular complexity index is 187. The van der Waals surface area contributed by atoms with E-state index in [1.165, 1.54) is 0 Å². The second kappa shape index (κ2) is 3.25. The molecule has 1 rings (SSSR count). The van der Waals surface area contributed by atoms with Crippen molar-refractivity contribution in [1.82, 2.24) is 3.46 Å². The number of allylic oxidation sites excluding steroid dienone is 4. The van der Waals surface area contributed by atoms with Crippen LogP contribution in [-0.2, 0) is 25.2 Å². The summed E-state index contributed by atoms with van der Waals surface area (Å²) in [6.45, 7) is 0. The van der Waals surface area contributed by atoms with E-state index in [1.807, 2.05) is 18.2 Å². The van der Waals surface area contributed by atoms with Gasteiger partial charge in [-0.05, 0) is 0 Å². The summed E-state index contributed by atoms with van der Waals surface area (Å²) in [7, 11) is -1.61. The Morgan fingerprint density at radius 1 is 1.78 bits per heavy atom. The Morgan fingerprint density at radius 3 is 3.00 bits per heavy atom. The molecule has 0 aromatic rings. The van der Waals surface area contributed by atoms with Gasteiger partial charge in [-0.15, -0.1) is 0 Å². The van der Waals surface area contributed by atoms with E-state index in [4.69, 9.17) is 0 Å². The van der Waals surface area contributed by atoms with Gasteiger partial charge in [0.05, 0.1) is 0 Å². The fourth-order valence-corrected chi connectivity index (χ4v) is 2.16. The molecule has 1 aliphatic rings. The summed E-state index contributed by atoms with van der Waals surface area (Å²) in [6, 6.07) is 0. The van der Waals surface area contributed by atoms with Gasteiger partial charge in [0.25, 0.3) is 0 Å².